The highest BCUT2D eigenvalue weighted by atomic mass is 19.4. The van der Waals surface area contributed by atoms with Gasteiger partial charge in [0.1, 0.15) is 5.82 Å². The standard InChI is InChI=1S/C17H21F4NO2/c1-16(2,3)15(23)24-22-8-6-11(7-9-22)13-5-4-12(18)10-14(13)17(19,20)21/h4-5,10-11H,6-9H2,1-3H3. The zero-order valence-corrected chi connectivity index (χ0v) is 13.9. The molecule has 1 heterocycles. The molecule has 1 aliphatic heterocycles. The lowest BCUT2D eigenvalue weighted by atomic mass is 9.86. The molecular weight excluding hydrogens is 326 g/mol. The van der Waals surface area contributed by atoms with Crippen LogP contribution in [-0.4, -0.2) is 24.1 Å². The Hall–Kier alpha value is -1.63. The third-order valence-corrected chi connectivity index (χ3v) is 4.04. The molecule has 0 saturated carbocycles. The third kappa shape index (κ3) is 4.47. The van der Waals surface area contributed by atoms with E-state index in [9.17, 15) is 22.4 Å². The molecule has 0 amide bonds. The first-order valence-electron chi connectivity index (χ1n) is 7.82. The van der Waals surface area contributed by atoms with E-state index in [1.165, 1.54) is 11.1 Å². The van der Waals surface area contributed by atoms with Gasteiger partial charge in [-0.05, 0) is 57.2 Å². The van der Waals surface area contributed by atoms with Gasteiger partial charge in [-0.25, -0.2) is 9.18 Å². The number of alkyl halides is 3. The van der Waals surface area contributed by atoms with Gasteiger partial charge in [0.25, 0.3) is 0 Å². The number of carbonyl (C=O) groups is 1. The van der Waals surface area contributed by atoms with Crippen LogP contribution in [0.2, 0.25) is 0 Å². The van der Waals surface area contributed by atoms with E-state index in [2.05, 4.69) is 0 Å². The first-order chi connectivity index (χ1) is 11.0. The molecule has 0 N–H and O–H groups in total. The molecule has 134 valence electrons. The van der Waals surface area contributed by atoms with Crippen molar-refractivity contribution < 1.29 is 27.2 Å². The van der Waals surface area contributed by atoms with Gasteiger partial charge in [0.2, 0.25) is 0 Å². The lowest BCUT2D eigenvalue weighted by Gasteiger charge is -2.33. The predicted molar refractivity (Wildman–Crippen MR) is 80.5 cm³/mol. The second-order valence-corrected chi connectivity index (χ2v) is 7.06. The Labute approximate surface area is 138 Å². The average molecular weight is 347 g/mol. The molecule has 1 aromatic rings. The second-order valence-electron chi connectivity index (χ2n) is 7.06. The maximum absolute atomic E-state index is 13.2. The minimum atomic E-state index is -4.59. The Bertz CT molecular complexity index is 600. The predicted octanol–water partition coefficient (Wildman–Crippen LogP) is 4.53. The molecule has 1 aliphatic rings. The Kier molecular flexibility index (Phi) is 5.22. The summed E-state index contributed by atoms with van der Waals surface area (Å²) in [5.41, 5.74) is -1.46. The van der Waals surface area contributed by atoms with Crippen LogP contribution in [0.3, 0.4) is 0 Å². The molecule has 0 aliphatic carbocycles. The zero-order chi connectivity index (χ0) is 18.1. The van der Waals surface area contributed by atoms with Crippen molar-refractivity contribution in [3.05, 3.63) is 35.1 Å². The van der Waals surface area contributed by atoms with Crippen LogP contribution in [-0.2, 0) is 15.8 Å². The van der Waals surface area contributed by atoms with Gasteiger partial charge < -0.3 is 4.84 Å². The third-order valence-electron chi connectivity index (χ3n) is 4.04. The van der Waals surface area contributed by atoms with Crippen LogP contribution in [0, 0.1) is 11.2 Å². The van der Waals surface area contributed by atoms with Crippen molar-refractivity contribution in [1.82, 2.24) is 5.06 Å². The summed E-state index contributed by atoms with van der Waals surface area (Å²) < 4.78 is 52.5. The number of hydroxylamine groups is 2. The molecule has 0 atom stereocenters. The van der Waals surface area contributed by atoms with Gasteiger partial charge in [-0.2, -0.15) is 13.2 Å². The van der Waals surface area contributed by atoms with Crippen molar-refractivity contribution in [3.63, 3.8) is 0 Å². The zero-order valence-electron chi connectivity index (χ0n) is 13.9. The number of halogens is 4. The number of hydrogen-bond acceptors (Lipinski definition) is 3. The van der Waals surface area contributed by atoms with E-state index in [0.717, 1.165) is 6.07 Å². The van der Waals surface area contributed by atoms with E-state index in [4.69, 9.17) is 4.84 Å². The number of hydrogen-bond donors (Lipinski definition) is 0. The van der Waals surface area contributed by atoms with Crippen molar-refractivity contribution in [1.29, 1.82) is 0 Å². The minimum Gasteiger partial charge on any atom is -0.367 e. The summed E-state index contributed by atoms with van der Waals surface area (Å²) in [5, 5.41) is 1.49. The maximum Gasteiger partial charge on any atom is 0.416 e. The molecule has 0 bridgehead atoms. The molecule has 2 rings (SSSR count). The number of nitrogens with zero attached hydrogens (tertiary/aromatic N) is 1. The molecular formula is C17H21F4NO2. The smallest absolute Gasteiger partial charge is 0.367 e. The van der Waals surface area contributed by atoms with Crippen LogP contribution in [0.1, 0.15) is 50.7 Å². The van der Waals surface area contributed by atoms with E-state index in [0.29, 0.717) is 32.0 Å². The lowest BCUT2D eigenvalue weighted by Crippen LogP contribution is -2.38. The Morgan fingerprint density at radius 3 is 2.25 bits per heavy atom. The van der Waals surface area contributed by atoms with Crippen molar-refractivity contribution in [3.8, 4) is 0 Å². The highest BCUT2D eigenvalue weighted by molar-refractivity contribution is 5.75. The van der Waals surface area contributed by atoms with Crippen LogP contribution < -0.4 is 0 Å². The summed E-state index contributed by atoms with van der Waals surface area (Å²) in [6, 6.07) is 2.80. The Morgan fingerprint density at radius 1 is 1.17 bits per heavy atom. The molecule has 0 unspecified atom stereocenters. The maximum atomic E-state index is 13.2. The van der Waals surface area contributed by atoms with Crippen molar-refractivity contribution >= 4 is 5.97 Å². The van der Waals surface area contributed by atoms with Crippen molar-refractivity contribution in [2.24, 2.45) is 5.41 Å². The number of carbonyl (C=O) groups excluding carboxylic acids is 1. The monoisotopic (exact) mass is 347 g/mol. The quantitative estimate of drug-likeness (QED) is 0.736. The van der Waals surface area contributed by atoms with Crippen molar-refractivity contribution in [2.75, 3.05) is 13.1 Å². The Balaban J connectivity index is 2.07. The van der Waals surface area contributed by atoms with E-state index >= 15 is 0 Å². The molecule has 0 radical (unpaired) electrons. The molecule has 24 heavy (non-hydrogen) atoms. The first-order valence-corrected chi connectivity index (χ1v) is 7.82. The number of piperidine rings is 1. The van der Waals surface area contributed by atoms with E-state index in [-0.39, 0.29) is 17.5 Å². The summed E-state index contributed by atoms with van der Waals surface area (Å²) >= 11 is 0. The Morgan fingerprint density at radius 2 is 1.75 bits per heavy atom. The highest BCUT2D eigenvalue weighted by Crippen LogP contribution is 2.39. The normalized spacial score (nSPS) is 17.8. The van der Waals surface area contributed by atoms with Gasteiger partial charge in [0.15, 0.2) is 0 Å². The van der Waals surface area contributed by atoms with Gasteiger partial charge in [0.05, 0.1) is 11.0 Å². The van der Waals surface area contributed by atoms with Gasteiger partial charge >= 0.3 is 12.1 Å². The topological polar surface area (TPSA) is 29.5 Å². The lowest BCUT2D eigenvalue weighted by molar-refractivity contribution is -0.204. The van der Waals surface area contributed by atoms with Gasteiger partial charge in [0, 0.05) is 13.1 Å². The first kappa shape index (κ1) is 18.7. The summed E-state index contributed by atoms with van der Waals surface area (Å²) in [5.74, 6) is -1.62. The van der Waals surface area contributed by atoms with E-state index in [1.54, 1.807) is 20.8 Å². The van der Waals surface area contributed by atoms with Crippen LogP contribution in [0.15, 0.2) is 18.2 Å². The minimum absolute atomic E-state index is 0.102. The highest BCUT2D eigenvalue weighted by Gasteiger charge is 2.37. The molecule has 1 aromatic carbocycles. The molecule has 7 heteroatoms. The van der Waals surface area contributed by atoms with E-state index < -0.39 is 23.0 Å². The summed E-state index contributed by atoms with van der Waals surface area (Å²) in [6.07, 6.45) is -3.77. The summed E-state index contributed by atoms with van der Waals surface area (Å²) in [7, 11) is 0. The molecule has 0 aromatic heterocycles. The van der Waals surface area contributed by atoms with Crippen molar-refractivity contribution in [2.45, 2.75) is 45.7 Å². The molecule has 3 nitrogen and oxygen atoms in total. The SMILES string of the molecule is CC(C)(C)C(=O)ON1CCC(c2ccc(F)cc2C(F)(F)F)CC1. The van der Waals surface area contributed by atoms with E-state index in [1.807, 2.05) is 0 Å². The molecule has 1 saturated heterocycles. The number of rotatable bonds is 2. The summed E-state index contributed by atoms with van der Waals surface area (Å²) in [6.45, 7) is 5.89. The fourth-order valence-electron chi connectivity index (χ4n) is 2.64. The largest absolute Gasteiger partial charge is 0.416 e. The second kappa shape index (κ2) is 6.70. The molecule has 0 spiro atoms. The van der Waals surface area contributed by atoms with Crippen LogP contribution >= 0.6 is 0 Å². The van der Waals surface area contributed by atoms with Gasteiger partial charge in [-0.15, -0.1) is 5.06 Å². The fraction of sp³-hybridized carbons (Fsp3) is 0.588. The summed E-state index contributed by atoms with van der Waals surface area (Å²) in [4.78, 5) is 17.1. The number of benzene rings is 1. The average Bonchev–Trinajstić information content (AvgIpc) is 2.46. The van der Waals surface area contributed by atoms with Gasteiger partial charge in [-0.3, -0.25) is 0 Å². The van der Waals surface area contributed by atoms with Crippen LogP contribution in [0.4, 0.5) is 17.6 Å². The van der Waals surface area contributed by atoms with Gasteiger partial charge in [-0.1, -0.05) is 6.07 Å². The van der Waals surface area contributed by atoms with Crippen LogP contribution in [0.25, 0.3) is 0 Å². The van der Waals surface area contributed by atoms with Crippen LogP contribution in [0.5, 0.6) is 0 Å². The fourth-order valence-corrected chi connectivity index (χ4v) is 2.64. The molecule has 1 fully saturated rings.